The number of hydrogen-bond donors (Lipinski definition) is 0. The molecule has 2 heteroatoms. The van der Waals surface area contributed by atoms with E-state index in [2.05, 4.69) is 241 Å². The molecule has 0 fully saturated rings. The van der Waals surface area contributed by atoms with Crippen molar-refractivity contribution in [1.29, 1.82) is 0 Å². The molecule has 0 bridgehead atoms. The summed E-state index contributed by atoms with van der Waals surface area (Å²) < 4.78 is 6.95. The van der Waals surface area contributed by atoms with E-state index in [-0.39, 0.29) is 0 Å². The Morgan fingerprint density at radius 1 is 0.283 bits per heavy atom. The molecular weight excluding hydrogens is 727 g/mol. The minimum absolute atomic E-state index is 0.856. The van der Waals surface area contributed by atoms with Crippen LogP contribution in [0.3, 0.4) is 0 Å². The minimum atomic E-state index is 0.856. The monoisotopic (exact) mass is 765 g/mol. The van der Waals surface area contributed by atoms with Crippen LogP contribution in [0.2, 0.25) is 0 Å². The molecule has 0 aliphatic heterocycles. The van der Waals surface area contributed by atoms with Gasteiger partial charge in [-0.05, 0) is 92.2 Å². The van der Waals surface area contributed by atoms with E-state index in [4.69, 9.17) is 4.42 Å². The van der Waals surface area contributed by atoms with Gasteiger partial charge in [0.15, 0.2) is 0 Å². The Morgan fingerprint density at radius 3 is 1.57 bits per heavy atom. The smallest absolute Gasteiger partial charge is 0.145 e. The highest BCUT2D eigenvalue weighted by atomic mass is 16.3. The van der Waals surface area contributed by atoms with Crippen LogP contribution >= 0.6 is 0 Å². The summed E-state index contributed by atoms with van der Waals surface area (Å²) in [4.78, 5) is 2.46. The van der Waals surface area contributed by atoms with E-state index < -0.39 is 0 Å². The third kappa shape index (κ3) is 6.32. The summed E-state index contributed by atoms with van der Waals surface area (Å²) in [6, 6.07) is 84.9. The normalized spacial score (nSPS) is 11.3. The van der Waals surface area contributed by atoms with Crippen molar-refractivity contribution in [2.75, 3.05) is 4.90 Å². The Labute approximate surface area is 349 Å². The van der Waals surface area contributed by atoms with Crippen LogP contribution in [0, 0.1) is 0 Å². The lowest BCUT2D eigenvalue weighted by Crippen LogP contribution is -2.13. The quantitative estimate of drug-likeness (QED) is 0.153. The number of fused-ring (bicyclic) bond motifs is 4. The van der Waals surface area contributed by atoms with E-state index in [1.54, 1.807) is 0 Å². The van der Waals surface area contributed by atoms with Gasteiger partial charge in [-0.2, -0.15) is 0 Å². The van der Waals surface area contributed by atoms with Crippen molar-refractivity contribution >= 4 is 49.8 Å². The van der Waals surface area contributed by atoms with E-state index in [1.807, 2.05) is 0 Å². The number of nitrogens with zero attached hydrogens (tertiary/aromatic N) is 1. The largest absolute Gasteiger partial charge is 0.455 e. The van der Waals surface area contributed by atoms with Crippen LogP contribution in [0.1, 0.15) is 0 Å². The molecule has 1 aromatic heterocycles. The highest BCUT2D eigenvalue weighted by Gasteiger charge is 2.26. The SMILES string of the molecule is c1ccc(-c2ccc(-c3ccccc3N(c3ccc(-c4ccccc4)cc3-c3ccccc3)c3ccc(-c4ccc5ccccc5c4)c4oc5ccccc5c34)cc2)cc1. The Kier molecular flexibility index (Phi) is 8.87. The Bertz CT molecular complexity index is 3290. The maximum atomic E-state index is 6.95. The van der Waals surface area contributed by atoms with Crippen LogP contribution in [0.15, 0.2) is 241 Å². The molecule has 2 nitrogen and oxygen atoms in total. The van der Waals surface area contributed by atoms with Gasteiger partial charge >= 0.3 is 0 Å². The summed E-state index contributed by atoms with van der Waals surface area (Å²) in [5, 5.41) is 4.55. The fourth-order valence-corrected chi connectivity index (χ4v) is 8.75. The van der Waals surface area contributed by atoms with Gasteiger partial charge in [-0.15, -0.1) is 0 Å². The van der Waals surface area contributed by atoms with Crippen LogP contribution in [-0.4, -0.2) is 0 Å². The molecule has 1 heterocycles. The van der Waals surface area contributed by atoms with Crippen molar-refractivity contribution in [1.82, 2.24) is 0 Å². The lowest BCUT2D eigenvalue weighted by atomic mass is 9.93. The number of rotatable bonds is 8. The molecule has 0 aliphatic rings. The van der Waals surface area contributed by atoms with E-state index in [0.717, 1.165) is 77.9 Å². The minimum Gasteiger partial charge on any atom is -0.455 e. The second-order valence-corrected chi connectivity index (χ2v) is 15.3. The Hall–Kier alpha value is -7.94. The molecular formula is C58H39NO. The number of furan rings is 1. The van der Waals surface area contributed by atoms with Crippen molar-refractivity contribution in [3.63, 3.8) is 0 Å². The molecule has 10 aromatic carbocycles. The highest BCUT2D eigenvalue weighted by Crippen LogP contribution is 2.51. The molecule has 0 saturated carbocycles. The summed E-state index contributed by atoms with van der Waals surface area (Å²) in [6.45, 7) is 0. The third-order valence-electron chi connectivity index (χ3n) is 11.7. The Balaban J connectivity index is 1.20. The van der Waals surface area contributed by atoms with Gasteiger partial charge in [0.25, 0.3) is 0 Å². The average Bonchev–Trinajstić information content (AvgIpc) is 3.73. The van der Waals surface area contributed by atoms with Crippen molar-refractivity contribution in [3.8, 4) is 55.6 Å². The topological polar surface area (TPSA) is 16.4 Å². The molecule has 11 aromatic rings. The van der Waals surface area contributed by atoms with E-state index in [1.165, 1.54) is 27.5 Å². The Morgan fingerprint density at radius 2 is 0.800 bits per heavy atom. The molecule has 0 atom stereocenters. The number of benzene rings is 10. The number of anilines is 3. The summed E-state index contributed by atoms with van der Waals surface area (Å²) in [5.74, 6) is 0. The molecule has 0 radical (unpaired) electrons. The third-order valence-corrected chi connectivity index (χ3v) is 11.7. The maximum Gasteiger partial charge on any atom is 0.145 e. The first-order valence-electron chi connectivity index (χ1n) is 20.5. The van der Waals surface area contributed by atoms with Crippen LogP contribution in [0.5, 0.6) is 0 Å². The van der Waals surface area contributed by atoms with Gasteiger partial charge in [-0.25, -0.2) is 0 Å². The lowest BCUT2D eigenvalue weighted by Gasteiger charge is -2.31. The first-order valence-corrected chi connectivity index (χ1v) is 20.5. The fourth-order valence-electron chi connectivity index (χ4n) is 8.75. The van der Waals surface area contributed by atoms with Gasteiger partial charge in [-0.1, -0.05) is 194 Å². The predicted octanol–water partition coefficient (Wildman–Crippen LogP) is 16.5. The predicted molar refractivity (Wildman–Crippen MR) is 253 cm³/mol. The lowest BCUT2D eigenvalue weighted by molar-refractivity contribution is 0.670. The second-order valence-electron chi connectivity index (χ2n) is 15.3. The molecule has 0 unspecified atom stereocenters. The zero-order valence-electron chi connectivity index (χ0n) is 32.9. The summed E-state index contributed by atoms with van der Waals surface area (Å²) in [5.41, 5.74) is 16.3. The van der Waals surface area contributed by atoms with Crippen LogP contribution in [0.4, 0.5) is 17.1 Å². The molecule has 0 saturated heterocycles. The number of para-hydroxylation sites is 2. The maximum absolute atomic E-state index is 6.95. The molecule has 282 valence electrons. The first-order chi connectivity index (χ1) is 29.8. The average molecular weight is 766 g/mol. The van der Waals surface area contributed by atoms with Crippen LogP contribution < -0.4 is 4.90 Å². The van der Waals surface area contributed by atoms with Crippen molar-refractivity contribution in [2.45, 2.75) is 0 Å². The van der Waals surface area contributed by atoms with Crippen molar-refractivity contribution < 1.29 is 4.42 Å². The van der Waals surface area contributed by atoms with Gasteiger partial charge in [0.05, 0.1) is 22.4 Å². The van der Waals surface area contributed by atoms with Gasteiger partial charge in [0.2, 0.25) is 0 Å². The highest BCUT2D eigenvalue weighted by molar-refractivity contribution is 6.18. The fraction of sp³-hybridized carbons (Fsp3) is 0. The van der Waals surface area contributed by atoms with Crippen LogP contribution in [-0.2, 0) is 0 Å². The zero-order valence-corrected chi connectivity index (χ0v) is 32.9. The van der Waals surface area contributed by atoms with Gasteiger partial charge in [-0.3, -0.25) is 0 Å². The van der Waals surface area contributed by atoms with Crippen LogP contribution in [0.25, 0.3) is 88.3 Å². The number of hydrogen-bond acceptors (Lipinski definition) is 2. The molecule has 0 N–H and O–H groups in total. The molecule has 0 amide bonds. The molecule has 0 spiro atoms. The molecule has 60 heavy (non-hydrogen) atoms. The van der Waals surface area contributed by atoms with Crippen molar-refractivity contribution in [2.24, 2.45) is 0 Å². The molecule has 0 aliphatic carbocycles. The second kappa shape index (κ2) is 15.1. The molecule has 11 rings (SSSR count). The van der Waals surface area contributed by atoms with Gasteiger partial charge in [0, 0.05) is 22.1 Å². The first kappa shape index (κ1) is 35.2. The van der Waals surface area contributed by atoms with E-state index >= 15 is 0 Å². The van der Waals surface area contributed by atoms with Crippen molar-refractivity contribution in [3.05, 3.63) is 237 Å². The summed E-state index contributed by atoms with van der Waals surface area (Å²) in [7, 11) is 0. The van der Waals surface area contributed by atoms with E-state index in [9.17, 15) is 0 Å². The standard InChI is InChI=1S/C58H39NO/c1-4-16-40(17-5-1)43-28-31-45(32-29-43)49-24-12-14-26-53(49)59(54-36-34-47(41-18-6-2-7-19-41)39-52(54)44-21-8-3-9-22-44)55-37-35-50(48-33-30-42-20-10-11-23-46(42)38-48)58-57(55)51-25-13-15-27-56(51)60-58/h1-39H. The summed E-state index contributed by atoms with van der Waals surface area (Å²) >= 11 is 0. The van der Waals surface area contributed by atoms with E-state index in [0.29, 0.717) is 0 Å². The van der Waals surface area contributed by atoms with Gasteiger partial charge in [0.1, 0.15) is 11.2 Å². The van der Waals surface area contributed by atoms with Gasteiger partial charge < -0.3 is 9.32 Å². The zero-order chi connectivity index (χ0) is 39.8. The summed E-state index contributed by atoms with van der Waals surface area (Å²) in [6.07, 6.45) is 0.